The van der Waals surface area contributed by atoms with Crippen molar-refractivity contribution in [1.82, 2.24) is 9.80 Å². The molecule has 0 N–H and O–H groups in total. The minimum atomic E-state index is 0.168. The molecule has 1 aromatic heterocycles. The average molecular weight is 238 g/mol. The van der Waals surface area contributed by atoms with E-state index in [0.717, 1.165) is 24.6 Å². The molecule has 0 spiro atoms. The molecule has 0 aliphatic carbocycles. The SMILES string of the molecule is CCC(=O)N(CCN(C)C)Cc1ccc(C)o1. The Morgan fingerprint density at radius 1 is 1.29 bits per heavy atom. The number of hydrogen-bond donors (Lipinski definition) is 0. The van der Waals surface area contributed by atoms with Gasteiger partial charge in [-0.3, -0.25) is 4.79 Å². The monoisotopic (exact) mass is 238 g/mol. The molecule has 0 aliphatic heterocycles. The fourth-order valence-corrected chi connectivity index (χ4v) is 1.59. The van der Waals surface area contributed by atoms with Gasteiger partial charge in [-0.05, 0) is 33.2 Å². The number of hydrogen-bond acceptors (Lipinski definition) is 3. The van der Waals surface area contributed by atoms with Crippen LogP contribution in [-0.4, -0.2) is 42.9 Å². The van der Waals surface area contributed by atoms with Gasteiger partial charge in [0.05, 0.1) is 6.54 Å². The van der Waals surface area contributed by atoms with E-state index in [4.69, 9.17) is 4.42 Å². The average Bonchev–Trinajstić information content (AvgIpc) is 2.68. The molecule has 4 nitrogen and oxygen atoms in total. The van der Waals surface area contributed by atoms with Crippen LogP contribution in [0, 0.1) is 6.92 Å². The Kier molecular flexibility index (Phi) is 5.22. The standard InChI is InChI=1S/C13H22N2O2/c1-5-13(16)15(9-8-14(3)4)10-12-7-6-11(2)17-12/h6-7H,5,8-10H2,1-4H3. The smallest absolute Gasteiger partial charge is 0.222 e. The molecule has 0 bridgehead atoms. The van der Waals surface area contributed by atoms with Crippen LogP contribution in [0.4, 0.5) is 0 Å². The van der Waals surface area contributed by atoms with Crippen LogP contribution >= 0.6 is 0 Å². The third kappa shape index (κ3) is 4.61. The molecule has 96 valence electrons. The summed E-state index contributed by atoms with van der Waals surface area (Å²) in [4.78, 5) is 15.7. The zero-order chi connectivity index (χ0) is 12.8. The highest BCUT2D eigenvalue weighted by atomic mass is 16.3. The Balaban J connectivity index is 2.60. The van der Waals surface area contributed by atoms with E-state index < -0.39 is 0 Å². The van der Waals surface area contributed by atoms with Crippen LogP contribution in [0.15, 0.2) is 16.5 Å². The molecule has 1 aromatic rings. The third-order valence-corrected chi connectivity index (χ3v) is 2.62. The summed E-state index contributed by atoms with van der Waals surface area (Å²) in [5, 5.41) is 0. The van der Waals surface area contributed by atoms with Crippen molar-refractivity contribution < 1.29 is 9.21 Å². The molecule has 17 heavy (non-hydrogen) atoms. The maximum absolute atomic E-state index is 11.8. The van der Waals surface area contributed by atoms with Gasteiger partial charge in [-0.2, -0.15) is 0 Å². The molecule has 0 saturated carbocycles. The van der Waals surface area contributed by atoms with Gasteiger partial charge in [0.15, 0.2) is 0 Å². The van der Waals surface area contributed by atoms with Crippen molar-refractivity contribution in [3.8, 4) is 0 Å². The highest BCUT2D eigenvalue weighted by molar-refractivity contribution is 5.75. The zero-order valence-electron chi connectivity index (χ0n) is 11.2. The summed E-state index contributed by atoms with van der Waals surface area (Å²) >= 11 is 0. The molecule has 0 saturated heterocycles. The van der Waals surface area contributed by atoms with Crippen LogP contribution in [-0.2, 0) is 11.3 Å². The summed E-state index contributed by atoms with van der Waals surface area (Å²) in [5.41, 5.74) is 0. The normalized spacial score (nSPS) is 10.9. The molecule has 0 aromatic carbocycles. The molecular weight excluding hydrogens is 216 g/mol. The molecule has 0 unspecified atom stereocenters. The van der Waals surface area contributed by atoms with Crippen LogP contribution in [0.2, 0.25) is 0 Å². The van der Waals surface area contributed by atoms with Crippen LogP contribution < -0.4 is 0 Å². The number of aryl methyl sites for hydroxylation is 1. The quantitative estimate of drug-likeness (QED) is 0.759. The summed E-state index contributed by atoms with van der Waals surface area (Å²) in [6.07, 6.45) is 0.535. The first-order valence-electron chi connectivity index (χ1n) is 6.00. The van der Waals surface area contributed by atoms with Gasteiger partial charge in [-0.15, -0.1) is 0 Å². The fourth-order valence-electron chi connectivity index (χ4n) is 1.59. The molecule has 4 heteroatoms. The zero-order valence-corrected chi connectivity index (χ0v) is 11.2. The van der Waals surface area contributed by atoms with Crippen LogP contribution in [0.25, 0.3) is 0 Å². The molecule has 1 rings (SSSR count). The molecule has 0 atom stereocenters. The van der Waals surface area contributed by atoms with E-state index in [-0.39, 0.29) is 5.91 Å². The van der Waals surface area contributed by atoms with Gasteiger partial charge in [-0.1, -0.05) is 6.92 Å². The number of amides is 1. The van der Waals surface area contributed by atoms with Gasteiger partial charge < -0.3 is 14.2 Å². The molecular formula is C13H22N2O2. The number of likely N-dealkylation sites (N-methyl/N-ethyl adjacent to an activating group) is 1. The summed E-state index contributed by atoms with van der Waals surface area (Å²) < 4.78 is 5.51. The topological polar surface area (TPSA) is 36.7 Å². The van der Waals surface area contributed by atoms with Gasteiger partial charge in [-0.25, -0.2) is 0 Å². The minimum absolute atomic E-state index is 0.168. The minimum Gasteiger partial charge on any atom is -0.464 e. The van der Waals surface area contributed by atoms with Gasteiger partial charge in [0.1, 0.15) is 11.5 Å². The maximum atomic E-state index is 11.8. The third-order valence-electron chi connectivity index (χ3n) is 2.62. The Bertz CT molecular complexity index is 358. The molecule has 1 amide bonds. The van der Waals surface area contributed by atoms with E-state index in [9.17, 15) is 4.79 Å². The van der Waals surface area contributed by atoms with Gasteiger partial charge in [0.25, 0.3) is 0 Å². The number of nitrogens with zero attached hydrogens (tertiary/aromatic N) is 2. The summed E-state index contributed by atoms with van der Waals surface area (Å²) in [6, 6.07) is 3.86. The Labute approximate surface area is 103 Å². The van der Waals surface area contributed by atoms with E-state index in [0.29, 0.717) is 13.0 Å². The Morgan fingerprint density at radius 3 is 2.47 bits per heavy atom. The summed E-state index contributed by atoms with van der Waals surface area (Å²) in [7, 11) is 4.01. The first kappa shape index (κ1) is 13.8. The van der Waals surface area contributed by atoms with E-state index >= 15 is 0 Å². The molecule has 0 radical (unpaired) electrons. The second-order valence-corrected chi connectivity index (χ2v) is 4.48. The van der Waals surface area contributed by atoms with E-state index in [1.54, 1.807) is 0 Å². The Morgan fingerprint density at radius 2 is 2.00 bits per heavy atom. The van der Waals surface area contributed by atoms with Gasteiger partial charge in [0.2, 0.25) is 5.91 Å². The van der Waals surface area contributed by atoms with Crippen molar-refractivity contribution >= 4 is 5.91 Å². The highest BCUT2D eigenvalue weighted by Gasteiger charge is 2.13. The predicted octanol–water partition coefficient (Wildman–Crippen LogP) is 1.89. The van der Waals surface area contributed by atoms with E-state index in [1.807, 2.05) is 45.0 Å². The largest absolute Gasteiger partial charge is 0.464 e. The summed E-state index contributed by atoms with van der Waals surface area (Å²) in [5.74, 6) is 1.90. The number of carbonyl (C=O) groups excluding carboxylic acids is 1. The van der Waals surface area contributed by atoms with Crippen molar-refractivity contribution in [3.05, 3.63) is 23.7 Å². The van der Waals surface area contributed by atoms with Crippen molar-refractivity contribution in [2.75, 3.05) is 27.2 Å². The number of furan rings is 1. The van der Waals surface area contributed by atoms with Crippen molar-refractivity contribution in [2.45, 2.75) is 26.8 Å². The second kappa shape index (κ2) is 6.45. The Hall–Kier alpha value is -1.29. The lowest BCUT2D eigenvalue weighted by atomic mass is 10.3. The van der Waals surface area contributed by atoms with Crippen molar-refractivity contribution in [3.63, 3.8) is 0 Å². The first-order valence-corrected chi connectivity index (χ1v) is 6.00. The molecule has 0 fully saturated rings. The lowest BCUT2D eigenvalue weighted by Crippen LogP contribution is -2.35. The lowest BCUT2D eigenvalue weighted by Gasteiger charge is -2.23. The van der Waals surface area contributed by atoms with Crippen LogP contribution in [0.1, 0.15) is 24.9 Å². The number of rotatable bonds is 6. The summed E-state index contributed by atoms with van der Waals surface area (Å²) in [6.45, 7) is 5.97. The van der Waals surface area contributed by atoms with E-state index in [2.05, 4.69) is 4.90 Å². The van der Waals surface area contributed by atoms with Crippen LogP contribution in [0.5, 0.6) is 0 Å². The number of carbonyl (C=O) groups is 1. The molecule has 0 aliphatic rings. The molecule has 1 heterocycles. The van der Waals surface area contributed by atoms with Gasteiger partial charge in [0, 0.05) is 19.5 Å². The van der Waals surface area contributed by atoms with Crippen LogP contribution in [0.3, 0.4) is 0 Å². The highest BCUT2D eigenvalue weighted by Crippen LogP contribution is 2.10. The van der Waals surface area contributed by atoms with Crippen molar-refractivity contribution in [2.24, 2.45) is 0 Å². The van der Waals surface area contributed by atoms with Crippen molar-refractivity contribution in [1.29, 1.82) is 0 Å². The fraction of sp³-hybridized carbons (Fsp3) is 0.615. The van der Waals surface area contributed by atoms with Gasteiger partial charge >= 0.3 is 0 Å². The second-order valence-electron chi connectivity index (χ2n) is 4.48. The first-order chi connectivity index (χ1) is 8.02. The predicted molar refractivity (Wildman–Crippen MR) is 67.7 cm³/mol. The van der Waals surface area contributed by atoms with E-state index in [1.165, 1.54) is 0 Å². The lowest BCUT2D eigenvalue weighted by molar-refractivity contribution is -0.131. The maximum Gasteiger partial charge on any atom is 0.222 e.